The highest BCUT2D eigenvalue weighted by Crippen LogP contribution is 2.22. The Balaban J connectivity index is 1.80. The lowest BCUT2D eigenvalue weighted by molar-refractivity contribution is -0.153. The van der Waals surface area contributed by atoms with E-state index in [1.165, 1.54) is 23.5 Å². The summed E-state index contributed by atoms with van der Waals surface area (Å²) < 4.78 is 40.8. The van der Waals surface area contributed by atoms with Crippen LogP contribution in [-0.4, -0.2) is 24.4 Å². The van der Waals surface area contributed by atoms with Gasteiger partial charge in [-0.15, -0.1) is 0 Å². The molecule has 0 aliphatic heterocycles. The minimum atomic E-state index is -4.34. The molecule has 2 aromatic rings. The SMILES string of the molecule is CC(O)(CNCc1ccc(OCC(F)(F)F)cc1)c1ccsc1. The predicted octanol–water partition coefficient (Wildman–Crippen LogP) is 3.69. The molecule has 3 nitrogen and oxygen atoms in total. The smallest absolute Gasteiger partial charge is 0.422 e. The fourth-order valence-corrected chi connectivity index (χ4v) is 2.77. The van der Waals surface area contributed by atoms with Crippen molar-refractivity contribution in [1.82, 2.24) is 5.32 Å². The maximum atomic E-state index is 12.1. The molecular formula is C16H18F3NO2S. The molecule has 0 fully saturated rings. The zero-order valence-corrected chi connectivity index (χ0v) is 13.4. The van der Waals surface area contributed by atoms with E-state index in [4.69, 9.17) is 0 Å². The molecule has 2 rings (SSSR count). The van der Waals surface area contributed by atoms with Crippen LogP contribution in [0.4, 0.5) is 13.2 Å². The lowest BCUT2D eigenvalue weighted by Crippen LogP contribution is -2.34. The minimum Gasteiger partial charge on any atom is -0.484 e. The summed E-state index contributed by atoms with van der Waals surface area (Å²) >= 11 is 1.52. The van der Waals surface area contributed by atoms with Gasteiger partial charge in [-0.2, -0.15) is 24.5 Å². The van der Waals surface area contributed by atoms with Crippen molar-refractivity contribution in [1.29, 1.82) is 0 Å². The molecule has 0 radical (unpaired) electrons. The highest BCUT2D eigenvalue weighted by Gasteiger charge is 2.28. The van der Waals surface area contributed by atoms with Gasteiger partial charge in [0.15, 0.2) is 6.61 Å². The van der Waals surface area contributed by atoms with E-state index in [-0.39, 0.29) is 5.75 Å². The number of benzene rings is 1. The number of hydrogen-bond donors (Lipinski definition) is 2. The van der Waals surface area contributed by atoms with Gasteiger partial charge in [-0.05, 0) is 47.0 Å². The fraction of sp³-hybridized carbons (Fsp3) is 0.375. The first kappa shape index (κ1) is 17.8. The van der Waals surface area contributed by atoms with Crippen LogP contribution < -0.4 is 10.1 Å². The molecule has 2 N–H and O–H groups in total. The van der Waals surface area contributed by atoms with Crippen molar-refractivity contribution < 1.29 is 23.0 Å². The number of alkyl halides is 3. The van der Waals surface area contributed by atoms with Crippen LogP contribution in [0.2, 0.25) is 0 Å². The van der Waals surface area contributed by atoms with Crippen molar-refractivity contribution in [3.8, 4) is 5.75 Å². The Labute approximate surface area is 136 Å². The van der Waals surface area contributed by atoms with Gasteiger partial charge in [-0.1, -0.05) is 12.1 Å². The lowest BCUT2D eigenvalue weighted by atomic mass is 9.99. The molecule has 1 aromatic carbocycles. The van der Waals surface area contributed by atoms with Crippen LogP contribution in [0, 0.1) is 0 Å². The zero-order valence-electron chi connectivity index (χ0n) is 12.6. The fourth-order valence-electron chi connectivity index (χ4n) is 1.99. The molecule has 7 heteroatoms. The highest BCUT2D eigenvalue weighted by atomic mass is 32.1. The second kappa shape index (κ2) is 7.33. The van der Waals surface area contributed by atoms with Crippen LogP contribution in [0.15, 0.2) is 41.1 Å². The van der Waals surface area contributed by atoms with Crippen molar-refractivity contribution in [2.75, 3.05) is 13.2 Å². The third-order valence-electron chi connectivity index (χ3n) is 3.27. The van der Waals surface area contributed by atoms with Crippen LogP contribution in [0.5, 0.6) is 5.75 Å². The van der Waals surface area contributed by atoms with E-state index in [0.717, 1.165) is 11.1 Å². The summed E-state index contributed by atoms with van der Waals surface area (Å²) in [6, 6.07) is 8.26. The predicted molar refractivity (Wildman–Crippen MR) is 83.6 cm³/mol. The summed E-state index contributed by atoms with van der Waals surface area (Å²) in [6.45, 7) is 1.31. The van der Waals surface area contributed by atoms with E-state index in [2.05, 4.69) is 10.1 Å². The number of halogens is 3. The van der Waals surface area contributed by atoms with Gasteiger partial charge in [-0.3, -0.25) is 0 Å². The molecule has 0 spiro atoms. The molecule has 1 atom stereocenters. The number of ether oxygens (including phenoxy) is 1. The van der Waals surface area contributed by atoms with Gasteiger partial charge in [0.1, 0.15) is 5.75 Å². The molecule has 0 amide bonds. The summed E-state index contributed by atoms with van der Waals surface area (Å²) in [5.41, 5.74) is 0.784. The average molecular weight is 345 g/mol. The molecule has 0 saturated heterocycles. The Morgan fingerprint density at radius 1 is 1.17 bits per heavy atom. The van der Waals surface area contributed by atoms with E-state index >= 15 is 0 Å². The first-order chi connectivity index (χ1) is 10.8. The molecule has 126 valence electrons. The minimum absolute atomic E-state index is 0.177. The van der Waals surface area contributed by atoms with Crippen molar-refractivity contribution in [3.05, 3.63) is 52.2 Å². The molecule has 0 bridgehead atoms. The largest absolute Gasteiger partial charge is 0.484 e. The number of aliphatic hydroxyl groups is 1. The summed E-state index contributed by atoms with van der Waals surface area (Å²) in [5.74, 6) is 0.177. The van der Waals surface area contributed by atoms with Gasteiger partial charge in [0.2, 0.25) is 0 Å². The van der Waals surface area contributed by atoms with Crippen LogP contribution in [0.25, 0.3) is 0 Å². The molecule has 1 heterocycles. The van der Waals surface area contributed by atoms with Gasteiger partial charge in [-0.25, -0.2) is 0 Å². The molecule has 23 heavy (non-hydrogen) atoms. The normalized spacial score (nSPS) is 14.5. The summed E-state index contributed by atoms with van der Waals surface area (Å²) in [4.78, 5) is 0. The molecule has 0 aliphatic carbocycles. The Kier molecular flexibility index (Phi) is 5.67. The van der Waals surface area contributed by atoms with Gasteiger partial charge in [0.25, 0.3) is 0 Å². The van der Waals surface area contributed by atoms with E-state index in [1.807, 2.05) is 16.8 Å². The van der Waals surface area contributed by atoms with Crippen molar-refractivity contribution in [2.24, 2.45) is 0 Å². The van der Waals surface area contributed by atoms with Crippen molar-refractivity contribution in [3.63, 3.8) is 0 Å². The monoisotopic (exact) mass is 345 g/mol. The Morgan fingerprint density at radius 2 is 1.87 bits per heavy atom. The van der Waals surface area contributed by atoms with Crippen LogP contribution in [0.1, 0.15) is 18.1 Å². The standard InChI is InChI=1S/C16H18F3NO2S/c1-15(21,13-6-7-23-9-13)10-20-8-12-2-4-14(5-3-12)22-11-16(17,18)19/h2-7,9,20-21H,8,10-11H2,1H3. The van der Waals surface area contributed by atoms with Crippen LogP contribution in [-0.2, 0) is 12.1 Å². The van der Waals surface area contributed by atoms with Crippen molar-refractivity contribution >= 4 is 11.3 Å². The quantitative estimate of drug-likeness (QED) is 0.804. The maximum absolute atomic E-state index is 12.1. The van der Waals surface area contributed by atoms with Gasteiger partial charge in [0.05, 0.1) is 5.60 Å². The molecule has 1 unspecified atom stereocenters. The van der Waals surface area contributed by atoms with Gasteiger partial charge < -0.3 is 15.2 Å². The highest BCUT2D eigenvalue weighted by molar-refractivity contribution is 7.08. The lowest BCUT2D eigenvalue weighted by Gasteiger charge is -2.23. The Bertz CT molecular complexity index is 595. The third-order valence-corrected chi connectivity index (χ3v) is 3.95. The van der Waals surface area contributed by atoms with Gasteiger partial charge >= 0.3 is 6.18 Å². The third kappa shape index (κ3) is 5.85. The first-order valence-corrected chi connectivity index (χ1v) is 7.95. The molecular weight excluding hydrogens is 327 g/mol. The van der Waals surface area contributed by atoms with E-state index in [9.17, 15) is 18.3 Å². The topological polar surface area (TPSA) is 41.5 Å². The number of nitrogens with one attached hydrogen (secondary N) is 1. The second-order valence-corrected chi connectivity index (χ2v) is 6.22. The second-order valence-electron chi connectivity index (χ2n) is 5.44. The number of hydrogen-bond acceptors (Lipinski definition) is 4. The van der Waals surface area contributed by atoms with Crippen LogP contribution in [0.3, 0.4) is 0 Å². The Hall–Kier alpha value is -1.57. The molecule has 0 aliphatic rings. The maximum Gasteiger partial charge on any atom is 0.422 e. The van der Waals surface area contributed by atoms with Crippen molar-refractivity contribution in [2.45, 2.75) is 25.2 Å². The van der Waals surface area contributed by atoms with Crippen LogP contribution >= 0.6 is 11.3 Å². The average Bonchev–Trinajstić information content (AvgIpc) is 3.00. The molecule has 0 saturated carbocycles. The number of rotatable bonds is 7. The molecule has 1 aromatic heterocycles. The van der Waals surface area contributed by atoms with E-state index in [0.29, 0.717) is 13.1 Å². The summed E-state index contributed by atoms with van der Waals surface area (Å²) in [7, 11) is 0. The summed E-state index contributed by atoms with van der Waals surface area (Å²) in [5, 5.41) is 17.3. The number of thiophene rings is 1. The Morgan fingerprint density at radius 3 is 2.43 bits per heavy atom. The van der Waals surface area contributed by atoms with E-state index < -0.39 is 18.4 Å². The summed E-state index contributed by atoms with van der Waals surface area (Å²) in [6.07, 6.45) is -4.34. The van der Waals surface area contributed by atoms with Gasteiger partial charge in [0, 0.05) is 13.1 Å². The van der Waals surface area contributed by atoms with E-state index in [1.54, 1.807) is 19.1 Å². The first-order valence-electron chi connectivity index (χ1n) is 7.00. The zero-order chi connectivity index (χ0) is 16.9.